The Morgan fingerprint density at radius 3 is 2.78 bits per heavy atom. The van der Waals surface area contributed by atoms with Gasteiger partial charge in [-0.05, 0) is 62.1 Å². The molecule has 0 saturated heterocycles. The van der Waals surface area contributed by atoms with Gasteiger partial charge in [-0.3, -0.25) is 0 Å². The van der Waals surface area contributed by atoms with Gasteiger partial charge in [-0.15, -0.1) is 0 Å². The van der Waals surface area contributed by atoms with Crippen molar-refractivity contribution in [1.29, 1.82) is 0 Å². The van der Waals surface area contributed by atoms with Crippen molar-refractivity contribution < 1.29 is 14.6 Å². The van der Waals surface area contributed by atoms with Gasteiger partial charge in [-0.2, -0.15) is 0 Å². The monoisotopic (exact) mass is 246 g/mol. The van der Waals surface area contributed by atoms with E-state index < -0.39 is 5.97 Å². The number of rotatable bonds is 3. The number of carboxylic acid groups (broad SMARTS) is 1. The van der Waals surface area contributed by atoms with Gasteiger partial charge < -0.3 is 9.84 Å². The van der Waals surface area contributed by atoms with Crippen LogP contribution in [0.2, 0.25) is 0 Å². The van der Waals surface area contributed by atoms with Crippen LogP contribution in [0.5, 0.6) is 5.75 Å². The van der Waals surface area contributed by atoms with E-state index in [1.165, 1.54) is 19.3 Å². The lowest BCUT2D eigenvalue weighted by atomic mass is 9.97. The number of hydrogen-bond donors (Lipinski definition) is 1. The van der Waals surface area contributed by atoms with Crippen molar-refractivity contribution in [2.75, 3.05) is 0 Å². The van der Waals surface area contributed by atoms with Crippen LogP contribution in [-0.4, -0.2) is 17.2 Å². The molecule has 18 heavy (non-hydrogen) atoms. The molecule has 0 aliphatic heterocycles. The van der Waals surface area contributed by atoms with Crippen LogP contribution in [0, 0.1) is 18.8 Å². The van der Waals surface area contributed by atoms with Crippen LogP contribution < -0.4 is 4.74 Å². The fourth-order valence-electron chi connectivity index (χ4n) is 3.40. The fraction of sp³-hybridized carbons (Fsp3) is 0.533. The first-order chi connectivity index (χ1) is 8.63. The number of benzene rings is 1. The highest BCUT2D eigenvalue weighted by Crippen LogP contribution is 2.46. The highest BCUT2D eigenvalue weighted by Gasteiger charge is 2.41. The third kappa shape index (κ3) is 1.98. The number of carboxylic acids is 1. The van der Waals surface area contributed by atoms with Gasteiger partial charge in [0.15, 0.2) is 0 Å². The molecule has 0 heterocycles. The molecule has 3 atom stereocenters. The minimum atomic E-state index is -0.909. The number of ether oxygens (including phenoxy) is 1. The molecule has 2 aliphatic rings. The minimum Gasteiger partial charge on any atom is -0.489 e. The zero-order chi connectivity index (χ0) is 12.7. The molecule has 3 rings (SSSR count). The molecule has 2 fully saturated rings. The normalized spacial score (nSPS) is 29.5. The zero-order valence-corrected chi connectivity index (χ0v) is 10.6. The Labute approximate surface area is 107 Å². The third-order valence-electron chi connectivity index (χ3n) is 4.32. The second-order valence-corrected chi connectivity index (χ2v) is 5.64. The summed E-state index contributed by atoms with van der Waals surface area (Å²) >= 11 is 0. The lowest BCUT2D eigenvalue weighted by Crippen LogP contribution is -2.24. The first-order valence-electron chi connectivity index (χ1n) is 6.64. The summed E-state index contributed by atoms with van der Waals surface area (Å²) in [5.41, 5.74) is 1.32. The van der Waals surface area contributed by atoms with Crippen molar-refractivity contribution in [3.05, 3.63) is 29.3 Å². The number of aryl methyl sites for hydroxylation is 1. The molecule has 2 aliphatic carbocycles. The molecule has 2 saturated carbocycles. The predicted molar refractivity (Wildman–Crippen MR) is 68.0 cm³/mol. The Morgan fingerprint density at radius 1 is 1.33 bits per heavy atom. The minimum absolute atomic E-state index is 0.226. The smallest absolute Gasteiger partial charge is 0.339 e. The molecular formula is C15H18O3. The van der Waals surface area contributed by atoms with Crippen molar-refractivity contribution >= 4 is 5.97 Å². The quantitative estimate of drug-likeness (QED) is 0.890. The number of aromatic carboxylic acids is 1. The highest BCUT2D eigenvalue weighted by molar-refractivity contribution is 5.91. The molecule has 1 aromatic carbocycles. The summed E-state index contributed by atoms with van der Waals surface area (Å²) in [6.07, 6.45) is 5.15. The van der Waals surface area contributed by atoms with E-state index in [9.17, 15) is 9.90 Å². The van der Waals surface area contributed by atoms with E-state index in [1.807, 2.05) is 19.1 Å². The second-order valence-electron chi connectivity index (χ2n) is 5.64. The summed E-state index contributed by atoms with van der Waals surface area (Å²) in [7, 11) is 0. The van der Waals surface area contributed by atoms with E-state index in [0.29, 0.717) is 11.7 Å². The summed E-state index contributed by atoms with van der Waals surface area (Å²) in [5, 5.41) is 9.18. The van der Waals surface area contributed by atoms with Crippen molar-refractivity contribution in [2.24, 2.45) is 11.8 Å². The predicted octanol–water partition coefficient (Wildman–Crippen LogP) is 3.26. The number of carbonyl (C=O) groups is 1. The molecule has 0 aromatic heterocycles. The largest absolute Gasteiger partial charge is 0.489 e. The first-order valence-corrected chi connectivity index (χ1v) is 6.64. The van der Waals surface area contributed by atoms with E-state index >= 15 is 0 Å². The van der Waals surface area contributed by atoms with Gasteiger partial charge >= 0.3 is 5.97 Å². The van der Waals surface area contributed by atoms with Crippen LogP contribution in [0.3, 0.4) is 0 Å². The topological polar surface area (TPSA) is 46.5 Å². The molecule has 1 aromatic rings. The molecule has 96 valence electrons. The lowest BCUT2D eigenvalue weighted by molar-refractivity contribution is 0.0684. The molecule has 3 unspecified atom stereocenters. The summed E-state index contributed by atoms with van der Waals surface area (Å²) in [5.74, 6) is 1.07. The van der Waals surface area contributed by atoms with Crippen molar-refractivity contribution in [1.82, 2.24) is 0 Å². The standard InChI is InChI=1S/C15H18O3/c1-9-2-5-12(15(16)17)14(6-9)18-13-8-10-3-4-11(13)7-10/h2,5-6,10-11,13H,3-4,7-8H2,1H3,(H,16,17). The van der Waals surface area contributed by atoms with Gasteiger partial charge in [-0.1, -0.05) is 6.07 Å². The van der Waals surface area contributed by atoms with E-state index in [4.69, 9.17) is 4.74 Å². The first kappa shape index (κ1) is 11.6. The highest BCUT2D eigenvalue weighted by atomic mass is 16.5. The summed E-state index contributed by atoms with van der Waals surface area (Å²) in [4.78, 5) is 11.2. The SMILES string of the molecule is Cc1ccc(C(=O)O)c(OC2CC3CCC2C3)c1. The molecule has 0 amide bonds. The van der Waals surface area contributed by atoms with Crippen LogP contribution in [0.25, 0.3) is 0 Å². The Bertz CT molecular complexity index is 481. The Balaban J connectivity index is 1.83. The van der Waals surface area contributed by atoms with Crippen LogP contribution in [0.15, 0.2) is 18.2 Å². The van der Waals surface area contributed by atoms with Gasteiger partial charge in [0.1, 0.15) is 17.4 Å². The van der Waals surface area contributed by atoms with Gasteiger partial charge in [-0.25, -0.2) is 4.79 Å². The van der Waals surface area contributed by atoms with Crippen LogP contribution in [-0.2, 0) is 0 Å². The summed E-state index contributed by atoms with van der Waals surface area (Å²) in [6.45, 7) is 1.96. The fourth-order valence-corrected chi connectivity index (χ4v) is 3.40. The number of fused-ring (bicyclic) bond motifs is 2. The van der Waals surface area contributed by atoms with Crippen molar-refractivity contribution in [3.8, 4) is 5.75 Å². The van der Waals surface area contributed by atoms with E-state index in [-0.39, 0.29) is 11.7 Å². The van der Waals surface area contributed by atoms with Gasteiger partial charge in [0, 0.05) is 0 Å². The van der Waals surface area contributed by atoms with E-state index in [2.05, 4.69) is 0 Å². The number of hydrogen-bond acceptors (Lipinski definition) is 2. The van der Waals surface area contributed by atoms with Crippen LogP contribution >= 0.6 is 0 Å². The maximum Gasteiger partial charge on any atom is 0.339 e. The van der Waals surface area contributed by atoms with Crippen molar-refractivity contribution in [3.63, 3.8) is 0 Å². The molecule has 2 bridgehead atoms. The maximum absolute atomic E-state index is 11.2. The average molecular weight is 246 g/mol. The Kier molecular flexibility index (Phi) is 2.77. The maximum atomic E-state index is 11.2. The average Bonchev–Trinajstić information content (AvgIpc) is 2.90. The molecule has 0 spiro atoms. The van der Waals surface area contributed by atoms with E-state index in [0.717, 1.165) is 17.9 Å². The van der Waals surface area contributed by atoms with Gasteiger partial charge in [0.25, 0.3) is 0 Å². The van der Waals surface area contributed by atoms with Crippen LogP contribution in [0.1, 0.15) is 41.6 Å². The lowest BCUT2D eigenvalue weighted by Gasteiger charge is -2.24. The molecule has 1 N–H and O–H groups in total. The molecule has 3 heteroatoms. The van der Waals surface area contributed by atoms with E-state index in [1.54, 1.807) is 6.07 Å². The summed E-state index contributed by atoms with van der Waals surface area (Å²) < 4.78 is 6.00. The summed E-state index contributed by atoms with van der Waals surface area (Å²) in [6, 6.07) is 5.30. The molecule has 3 nitrogen and oxygen atoms in total. The second kappa shape index (κ2) is 4.30. The Hall–Kier alpha value is -1.51. The third-order valence-corrected chi connectivity index (χ3v) is 4.32. The van der Waals surface area contributed by atoms with Gasteiger partial charge in [0.2, 0.25) is 0 Å². The van der Waals surface area contributed by atoms with Gasteiger partial charge in [0.05, 0.1) is 0 Å². The van der Waals surface area contributed by atoms with Crippen molar-refractivity contribution in [2.45, 2.75) is 38.7 Å². The molecular weight excluding hydrogens is 228 g/mol. The Morgan fingerprint density at radius 2 is 2.17 bits per heavy atom. The zero-order valence-electron chi connectivity index (χ0n) is 10.6. The molecule has 0 radical (unpaired) electrons. The van der Waals surface area contributed by atoms with Crippen LogP contribution in [0.4, 0.5) is 0 Å².